The lowest BCUT2D eigenvalue weighted by atomic mass is 10.1. The van der Waals surface area contributed by atoms with Gasteiger partial charge in [0.25, 0.3) is 0 Å². The van der Waals surface area contributed by atoms with E-state index in [1.807, 2.05) is 6.07 Å². The fraction of sp³-hybridized carbons (Fsp3) is 0.400. The highest BCUT2D eigenvalue weighted by Crippen LogP contribution is 2.21. The number of likely N-dealkylation sites (tertiary alicyclic amines) is 1. The molecule has 14 heavy (non-hydrogen) atoms. The Morgan fingerprint density at radius 2 is 2.21 bits per heavy atom. The molecule has 0 spiro atoms. The number of nitrogens with two attached hydrogens (primary N) is 1. The van der Waals surface area contributed by atoms with Crippen molar-refractivity contribution in [1.29, 1.82) is 0 Å². The number of rotatable bonds is 2. The Morgan fingerprint density at radius 1 is 1.50 bits per heavy atom. The summed E-state index contributed by atoms with van der Waals surface area (Å²) in [6, 6.07) is 5.10. The zero-order valence-electron chi connectivity index (χ0n) is 7.71. The smallest absolute Gasteiger partial charge is 0.124 e. The molecular weight excluding hydrogens is 247 g/mol. The molecule has 0 radical (unpaired) electrons. The minimum Gasteiger partial charge on any atom is -0.325 e. The summed E-state index contributed by atoms with van der Waals surface area (Å²) >= 11 is 3.35. The molecule has 1 heterocycles. The van der Waals surface area contributed by atoms with E-state index < -0.39 is 0 Å². The van der Waals surface area contributed by atoms with Gasteiger partial charge in [-0.2, -0.15) is 0 Å². The van der Waals surface area contributed by atoms with Gasteiger partial charge in [-0.05, 0) is 17.7 Å². The normalized spacial score (nSPS) is 18.2. The van der Waals surface area contributed by atoms with Crippen LogP contribution in [-0.4, -0.2) is 24.0 Å². The molecule has 0 aliphatic carbocycles. The highest BCUT2D eigenvalue weighted by Gasteiger charge is 2.23. The van der Waals surface area contributed by atoms with E-state index in [2.05, 4.69) is 20.8 Å². The van der Waals surface area contributed by atoms with E-state index in [4.69, 9.17) is 5.73 Å². The van der Waals surface area contributed by atoms with Gasteiger partial charge in [0.05, 0.1) is 0 Å². The first-order valence-electron chi connectivity index (χ1n) is 4.57. The van der Waals surface area contributed by atoms with Crippen molar-refractivity contribution in [2.75, 3.05) is 13.1 Å². The molecule has 1 aliphatic heterocycles. The third-order valence-electron chi connectivity index (χ3n) is 2.39. The largest absolute Gasteiger partial charge is 0.325 e. The SMILES string of the molecule is NC1CN(Cc2ccc(F)cc2Br)C1. The minimum atomic E-state index is -0.207. The molecule has 2 nitrogen and oxygen atoms in total. The molecule has 0 aromatic heterocycles. The van der Waals surface area contributed by atoms with E-state index in [0.29, 0.717) is 6.04 Å². The zero-order chi connectivity index (χ0) is 10.1. The number of hydrogen-bond acceptors (Lipinski definition) is 2. The van der Waals surface area contributed by atoms with Gasteiger partial charge in [-0.1, -0.05) is 22.0 Å². The molecule has 1 fully saturated rings. The Kier molecular flexibility index (Phi) is 2.85. The fourth-order valence-corrected chi connectivity index (χ4v) is 2.11. The van der Waals surface area contributed by atoms with E-state index >= 15 is 0 Å². The summed E-state index contributed by atoms with van der Waals surface area (Å²) in [5, 5.41) is 0. The summed E-state index contributed by atoms with van der Waals surface area (Å²) in [5.41, 5.74) is 6.78. The van der Waals surface area contributed by atoms with Crippen LogP contribution in [0.4, 0.5) is 4.39 Å². The Morgan fingerprint density at radius 3 is 2.79 bits per heavy atom. The van der Waals surface area contributed by atoms with Crippen molar-refractivity contribution in [2.24, 2.45) is 5.73 Å². The van der Waals surface area contributed by atoms with Crippen molar-refractivity contribution in [3.05, 3.63) is 34.1 Å². The molecule has 0 amide bonds. The van der Waals surface area contributed by atoms with Crippen molar-refractivity contribution in [1.82, 2.24) is 4.90 Å². The van der Waals surface area contributed by atoms with Crippen molar-refractivity contribution < 1.29 is 4.39 Å². The highest BCUT2D eigenvalue weighted by atomic mass is 79.9. The molecule has 0 saturated carbocycles. The minimum absolute atomic E-state index is 0.207. The standard InChI is InChI=1S/C10H12BrFN2/c11-10-3-8(12)2-1-7(10)4-14-5-9(13)6-14/h1-3,9H,4-6,13H2. The molecule has 1 aromatic carbocycles. The molecule has 2 rings (SSSR count). The number of hydrogen-bond donors (Lipinski definition) is 1. The van der Waals surface area contributed by atoms with Crippen molar-refractivity contribution in [3.63, 3.8) is 0 Å². The van der Waals surface area contributed by atoms with Crippen LogP contribution in [0.1, 0.15) is 5.56 Å². The summed E-state index contributed by atoms with van der Waals surface area (Å²) in [4.78, 5) is 2.24. The van der Waals surface area contributed by atoms with Crippen LogP contribution in [0.5, 0.6) is 0 Å². The summed E-state index contributed by atoms with van der Waals surface area (Å²) in [5.74, 6) is -0.207. The first-order valence-corrected chi connectivity index (χ1v) is 5.36. The summed E-state index contributed by atoms with van der Waals surface area (Å²) < 4.78 is 13.6. The van der Waals surface area contributed by atoms with Crippen LogP contribution in [-0.2, 0) is 6.54 Å². The first kappa shape index (κ1) is 10.1. The molecule has 1 aromatic rings. The average molecular weight is 259 g/mol. The summed E-state index contributed by atoms with van der Waals surface area (Å²) in [7, 11) is 0. The van der Waals surface area contributed by atoms with E-state index in [1.54, 1.807) is 0 Å². The van der Waals surface area contributed by atoms with Gasteiger partial charge >= 0.3 is 0 Å². The molecule has 0 unspecified atom stereocenters. The molecule has 0 bridgehead atoms. The van der Waals surface area contributed by atoms with E-state index in [-0.39, 0.29) is 5.82 Å². The van der Waals surface area contributed by atoms with Crippen LogP contribution < -0.4 is 5.73 Å². The van der Waals surface area contributed by atoms with E-state index in [9.17, 15) is 4.39 Å². The van der Waals surface area contributed by atoms with Crippen LogP contribution in [0.25, 0.3) is 0 Å². The number of halogens is 2. The molecule has 4 heteroatoms. The number of benzene rings is 1. The van der Waals surface area contributed by atoms with E-state index in [0.717, 1.165) is 29.7 Å². The second kappa shape index (κ2) is 3.96. The lowest BCUT2D eigenvalue weighted by Crippen LogP contribution is -2.54. The van der Waals surface area contributed by atoms with Gasteiger partial charge in [0, 0.05) is 30.1 Å². The highest BCUT2D eigenvalue weighted by molar-refractivity contribution is 9.10. The monoisotopic (exact) mass is 258 g/mol. The summed E-state index contributed by atoms with van der Waals surface area (Å²) in [6.07, 6.45) is 0. The average Bonchev–Trinajstić information content (AvgIpc) is 2.06. The Hall–Kier alpha value is -0.450. The maximum atomic E-state index is 12.8. The zero-order valence-corrected chi connectivity index (χ0v) is 9.30. The topological polar surface area (TPSA) is 29.3 Å². The molecule has 76 valence electrons. The second-order valence-electron chi connectivity index (χ2n) is 3.69. The second-order valence-corrected chi connectivity index (χ2v) is 4.54. The van der Waals surface area contributed by atoms with Gasteiger partial charge in [0.2, 0.25) is 0 Å². The lowest BCUT2D eigenvalue weighted by molar-refractivity contribution is 0.142. The van der Waals surface area contributed by atoms with Gasteiger partial charge in [-0.15, -0.1) is 0 Å². The Bertz CT molecular complexity index is 337. The van der Waals surface area contributed by atoms with Crippen LogP contribution in [0, 0.1) is 5.82 Å². The maximum absolute atomic E-state index is 12.8. The molecule has 0 atom stereocenters. The van der Waals surface area contributed by atoms with Crippen LogP contribution in [0.2, 0.25) is 0 Å². The van der Waals surface area contributed by atoms with Crippen LogP contribution in [0.15, 0.2) is 22.7 Å². The van der Waals surface area contributed by atoms with Gasteiger partial charge in [-0.3, -0.25) is 4.90 Å². The first-order chi connectivity index (χ1) is 6.65. The van der Waals surface area contributed by atoms with Crippen LogP contribution in [0.3, 0.4) is 0 Å². The Balaban J connectivity index is 2.02. The van der Waals surface area contributed by atoms with Gasteiger partial charge in [0.15, 0.2) is 0 Å². The third-order valence-corrected chi connectivity index (χ3v) is 3.13. The molecule has 2 N–H and O–H groups in total. The van der Waals surface area contributed by atoms with Crippen LogP contribution >= 0.6 is 15.9 Å². The molecular formula is C10H12BrFN2. The Labute approximate surface area is 91.0 Å². The van der Waals surface area contributed by atoms with Crippen molar-refractivity contribution in [3.8, 4) is 0 Å². The molecule has 1 saturated heterocycles. The molecule has 1 aliphatic rings. The predicted octanol–water partition coefficient (Wildman–Crippen LogP) is 1.73. The van der Waals surface area contributed by atoms with Gasteiger partial charge in [-0.25, -0.2) is 4.39 Å². The van der Waals surface area contributed by atoms with Crippen molar-refractivity contribution in [2.45, 2.75) is 12.6 Å². The summed E-state index contributed by atoms with van der Waals surface area (Å²) in [6.45, 7) is 2.71. The maximum Gasteiger partial charge on any atom is 0.124 e. The van der Waals surface area contributed by atoms with E-state index in [1.165, 1.54) is 12.1 Å². The predicted molar refractivity (Wildman–Crippen MR) is 57.4 cm³/mol. The van der Waals surface area contributed by atoms with Crippen molar-refractivity contribution >= 4 is 15.9 Å². The lowest BCUT2D eigenvalue weighted by Gasteiger charge is -2.37. The quantitative estimate of drug-likeness (QED) is 0.876. The third kappa shape index (κ3) is 2.13. The van der Waals surface area contributed by atoms with Gasteiger partial charge in [0.1, 0.15) is 5.82 Å². The fourth-order valence-electron chi connectivity index (χ4n) is 1.63. The van der Waals surface area contributed by atoms with Gasteiger partial charge < -0.3 is 5.73 Å². The number of nitrogens with zero attached hydrogens (tertiary/aromatic N) is 1.